The number of nitrogens with two attached hydrogens (primary N) is 1. The molecular weight excluding hydrogens is 438 g/mol. The van der Waals surface area contributed by atoms with Gasteiger partial charge in [-0.1, -0.05) is 0 Å². The average molecular weight is 457 g/mol. The molecular formula is C16H19N5O11. The number of hydrogen-bond donors (Lipinski definition) is 7. The third-order valence-electron chi connectivity index (χ3n) is 4.73. The van der Waals surface area contributed by atoms with Gasteiger partial charge in [0.1, 0.15) is 18.9 Å². The number of aliphatic hydroxyl groups excluding tert-OH is 1. The average Bonchev–Trinajstić information content (AvgIpc) is 3.18. The zero-order valence-electron chi connectivity index (χ0n) is 16.2. The summed E-state index contributed by atoms with van der Waals surface area (Å²) in [6.07, 6.45) is -5.95. The highest BCUT2D eigenvalue weighted by Crippen LogP contribution is 2.34. The fourth-order valence-corrected chi connectivity index (χ4v) is 3.21. The molecule has 0 saturated carbocycles. The van der Waals surface area contributed by atoms with Gasteiger partial charge in [-0.05, 0) is 0 Å². The molecule has 3 rings (SSSR count). The molecule has 2 aromatic heterocycles. The van der Waals surface area contributed by atoms with Gasteiger partial charge in [-0.25, -0.2) is 4.79 Å². The molecule has 16 heteroatoms. The zero-order valence-corrected chi connectivity index (χ0v) is 16.2. The molecule has 0 aliphatic carbocycles. The van der Waals surface area contributed by atoms with E-state index in [0.717, 1.165) is 4.57 Å². The number of carbonyl (C=O) groups excluding carboxylic acids is 1. The predicted molar refractivity (Wildman–Crippen MR) is 99.2 cm³/mol. The van der Waals surface area contributed by atoms with Gasteiger partial charge in [-0.15, -0.1) is 0 Å². The Kier molecular flexibility index (Phi) is 6.02. The number of hydrogen-bond acceptors (Lipinski definition) is 12. The number of aliphatic hydroxyl groups is 2. The van der Waals surface area contributed by atoms with E-state index in [1.807, 2.05) is 0 Å². The van der Waals surface area contributed by atoms with E-state index in [-0.39, 0.29) is 23.5 Å². The summed E-state index contributed by atoms with van der Waals surface area (Å²) >= 11 is 0. The number of carboxylic acid groups (broad SMARTS) is 2. The number of anilines is 1. The fourth-order valence-electron chi connectivity index (χ4n) is 3.21. The van der Waals surface area contributed by atoms with Crippen LogP contribution in [0.1, 0.15) is 25.5 Å². The molecule has 2 unspecified atom stereocenters. The van der Waals surface area contributed by atoms with Crippen LogP contribution in [0.2, 0.25) is 0 Å². The van der Waals surface area contributed by atoms with Crippen molar-refractivity contribution >= 4 is 35.0 Å². The summed E-state index contributed by atoms with van der Waals surface area (Å²) < 4.78 is 11.4. The Morgan fingerprint density at radius 2 is 1.97 bits per heavy atom. The number of esters is 1. The molecule has 0 aromatic carbocycles. The highest BCUT2D eigenvalue weighted by molar-refractivity contribution is 5.88. The predicted octanol–water partition coefficient (Wildman–Crippen LogP) is -2.72. The van der Waals surface area contributed by atoms with Crippen LogP contribution in [0.25, 0.3) is 11.2 Å². The summed E-state index contributed by atoms with van der Waals surface area (Å²) in [5.41, 5.74) is 1.58. The smallest absolute Gasteiger partial charge is 0.336 e. The SMILES string of the molecule is Nc1nc2c(nc(O)n2[C@H]2CC(O)[C@@H](COC(=O)CC(O)(CC(=O)O)C(=O)O)O2)c(=O)[nH]1. The molecule has 4 atom stereocenters. The lowest BCUT2D eigenvalue weighted by molar-refractivity contribution is -0.173. The number of ether oxygens (including phenoxy) is 2. The van der Waals surface area contributed by atoms with Crippen LogP contribution in [0.3, 0.4) is 0 Å². The van der Waals surface area contributed by atoms with Crippen molar-refractivity contribution in [2.24, 2.45) is 0 Å². The molecule has 0 bridgehead atoms. The fraction of sp³-hybridized carbons (Fsp3) is 0.500. The first-order valence-electron chi connectivity index (χ1n) is 9.04. The first-order chi connectivity index (χ1) is 14.9. The summed E-state index contributed by atoms with van der Waals surface area (Å²) in [6.45, 7) is -0.581. The minimum Gasteiger partial charge on any atom is -0.481 e. The van der Waals surface area contributed by atoms with Gasteiger partial charge in [-0.2, -0.15) is 9.97 Å². The van der Waals surface area contributed by atoms with Crippen molar-refractivity contribution in [2.45, 2.75) is 43.3 Å². The number of aromatic amines is 1. The van der Waals surface area contributed by atoms with Crippen LogP contribution in [0.4, 0.5) is 5.95 Å². The number of rotatable bonds is 8. The zero-order chi connectivity index (χ0) is 23.8. The van der Waals surface area contributed by atoms with Crippen molar-refractivity contribution in [2.75, 3.05) is 12.3 Å². The number of nitrogens with one attached hydrogen (secondary N) is 1. The summed E-state index contributed by atoms with van der Waals surface area (Å²) in [7, 11) is 0. The molecule has 16 nitrogen and oxygen atoms in total. The molecule has 3 heterocycles. The standard InChI is InChI=1S/C16H19N5O11/c17-14-19-11-10(12(26)20-14)18-15(29)21(11)7-1-5(22)6(32-7)4-31-9(25)3-16(30,13(27)28)2-8(23)24/h5-7,22,30H,1-4H2,(H,18,29)(H,23,24)(H,27,28)(H3,17,19,20,26)/t5?,6-,7-,16?/m1/s1. The van der Waals surface area contributed by atoms with Crippen LogP contribution < -0.4 is 11.3 Å². The molecule has 1 fully saturated rings. The number of nitrogens with zero attached hydrogens (tertiary/aromatic N) is 3. The molecule has 0 radical (unpaired) electrons. The van der Waals surface area contributed by atoms with Gasteiger partial charge in [0.2, 0.25) is 5.95 Å². The van der Waals surface area contributed by atoms with Crippen LogP contribution in [-0.4, -0.2) is 87.4 Å². The number of carboxylic acids is 2. The Bertz CT molecular complexity index is 1130. The van der Waals surface area contributed by atoms with Crippen LogP contribution in [0, 0.1) is 0 Å². The van der Waals surface area contributed by atoms with Crippen molar-refractivity contribution in [1.29, 1.82) is 0 Å². The normalized spacial score (nSPS) is 22.5. The second-order valence-corrected chi connectivity index (χ2v) is 7.10. The van der Waals surface area contributed by atoms with Gasteiger partial charge in [0.25, 0.3) is 11.6 Å². The minimum absolute atomic E-state index is 0.112. The van der Waals surface area contributed by atoms with E-state index in [1.54, 1.807) is 0 Å². The van der Waals surface area contributed by atoms with Gasteiger partial charge in [-0.3, -0.25) is 23.9 Å². The number of nitrogen functional groups attached to an aromatic ring is 1. The van der Waals surface area contributed by atoms with E-state index in [4.69, 9.17) is 25.4 Å². The van der Waals surface area contributed by atoms with Crippen molar-refractivity contribution in [3.8, 4) is 6.01 Å². The van der Waals surface area contributed by atoms with Crippen LogP contribution in [0.5, 0.6) is 6.01 Å². The largest absolute Gasteiger partial charge is 0.481 e. The third kappa shape index (κ3) is 4.46. The van der Waals surface area contributed by atoms with E-state index in [1.165, 1.54) is 0 Å². The second-order valence-electron chi connectivity index (χ2n) is 7.10. The Labute approximate surface area is 176 Å². The topological polar surface area (TPSA) is 260 Å². The lowest BCUT2D eigenvalue weighted by Gasteiger charge is -2.21. The maximum Gasteiger partial charge on any atom is 0.336 e. The first kappa shape index (κ1) is 22.9. The van der Waals surface area contributed by atoms with E-state index in [2.05, 4.69) is 15.0 Å². The molecule has 174 valence electrons. The van der Waals surface area contributed by atoms with Gasteiger partial charge in [0.15, 0.2) is 16.8 Å². The Hall–Kier alpha value is -3.76. The first-order valence-corrected chi connectivity index (χ1v) is 9.04. The molecule has 1 saturated heterocycles. The van der Waals surface area contributed by atoms with E-state index < -0.39 is 73.0 Å². The summed E-state index contributed by atoms with van der Waals surface area (Å²) in [6, 6.07) is -0.640. The number of imidazole rings is 1. The molecule has 8 N–H and O–H groups in total. The van der Waals surface area contributed by atoms with E-state index in [0.29, 0.717) is 0 Å². The quantitative estimate of drug-likeness (QED) is 0.199. The van der Waals surface area contributed by atoms with Gasteiger partial charge >= 0.3 is 17.9 Å². The van der Waals surface area contributed by atoms with E-state index >= 15 is 0 Å². The number of carbonyl (C=O) groups is 3. The van der Waals surface area contributed by atoms with Gasteiger partial charge in [0, 0.05) is 6.42 Å². The van der Waals surface area contributed by atoms with Crippen LogP contribution >= 0.6 is 0 Å². The number of aromatic nitrogens is 4. The molecule has 0 spiro atoms. The Balaban J connectivity index is 1.69. The lowest BCUT2D eigenvalue weighted by atomic mass is 9.96. The van der Waals surface area contributed by atoms with Crippen molar-refractivity contribution in [3.63, 3.8) is 0 Å². The lowest BCUT2D eigenvalue weighted by Crippen LogP contribution is -2.43. The number of aromatic hydroxyl groups is 1. The third-order valence-corrected chi connectivity index (χ3v) is 4.73. The van der Waals surface area contributed by atoms with Crippen molar-refractivity contribution < 1.29 is 49.4 Å². The van der Waals surface area contributed by atoms with Crippen LogP contribution in [0.15, 0.2) is 4.79 Å². The molecule has 1 aliphatic heterocycles. The minimum atomic E-state index is -2.87. The Morgan fingerprint density at radius 3 is 2.59 bits per heavy atom. The molecule has 0 amide bonds. The number of H-pyrrole nitrogens is 1. The highest BCUT2D eigenvalue weighted by Gasteiger charge is 2.42. The number of fused-ring (bicyclic) bond motifs is 1. The van der Waals surface area contributed by atoms with Gasteiger partial charge < -0.3 is 40.7 Å². The Morgan fingerprint density at radius 1 is 1.28 bits per heavy atom. The summed E-state index contributed by atoms with van der Waals surface area (Å²) in [5.74, 6) is -5.05. The molecule has 2 aromatic rings. The maximum absolute atomic E-state index is 11.9. The van der Waals surface area contributed by atoms with Crippen molar-refractivity contribution in [1.82, 2.24) is 19.5 Å². The van der Waals surface area contributed by atoms with Crippen molar-refractivity contribution in [3.05, 3.63) is 10.4 Å². The maximum atomic E-state index is 11.9. The second kappa shape index (κ2) is 8.40. The van der Waals surface area contributed by atoms with E-state index in [9.17, 15) is 34.5 Å². The molecule has 32 heavy (non-hydrogen) atoms. The highest BCUT2D eigenvalue weighted by atomic mass is 16.6. The summed E-state index contributed by atoms with van der Waals surface area (Å²) in [4.78, 5) is 55.5. The van der Waals surface area contributed by atoms with Gasteiger partial charge in [0.05, 0.1) is 18.9 Å². The number of aliphatic carboxylic acids is 2. The monoisotopic (exact) mass is 457 g/mol. The molecule has 1 aliphatic rings. The summed E-state index contributed by atoms with van der Waals surface area (Å²) in [5, 5.41) is 47.9. The van der Waals surface area contributed by atoms with Crippen LogP contribution in [-0.2, 0) is 23.9 Å².